The quantitative estimate of drug-likeness (QED) is 0.811. The summed E-state index contributed by atoms with van der Waals surface area (Å²) in [6, 6.07) is 1.29. The van der Waals surface area contributed by atoms with Crippen LogP contribution in [0.1, 0.15) is 33.1 Å². The zero-order valence-electron chi connectivity index (χ0n) is 12.8. The van der Waals surface area contributed by atoms with Gasteiger partial charge in [0.2, 0.25) is 0 Å². The summed E-state index contributed by atoms with van der Waals surface area (Å²) in [5.74, 6) is -1.06. The van der Waals surface area contributed by atoms with E-state index in [1.54, 1.807) is 0 Å². The second-order valence-corrected chi connectivity index (χ2v) is 5.38. The molecule has 0 aliphatic carbocycles. The molecule has 118 valence electrons. The van der Waals surface area contributed by atoms with Crippen LogP contribution in [0.25, 0.3) is 0 Å². The fourth-order valence-electron chi connectivity index (χ4n) is 2.72. The Kier molecular flexibility index (Phi) is 5.73. The number of rotatable bonds is 7. The highest BCUT2D eigenvalue weighted by Gasteiger charge is 2.23. The molecule has 0 saturated carbocycles. The van der Waals surface area contributed by atoms with Crippen molar-refractivity contribution in [2.45, 2.75) is 39.2 Å². The SMILES string of the molecule is CCCNc1nc(NCC2CCCN2CC)c(F)cc1F. The van der Waals surface area contributed by atoms with Gasteiger partial charge in [-0.05, 0) is 32.4 Å². The van der Waals surface area contributed by atoms with E-state index >= 15 is 0 Å². The molecular weight excluding hydrogens is 274 g/mol. The first-order valence-electron chi connectivity index (χ1n) is 7.73. The van der Waals surface area contributed by atoms with Crippen molar-refractivity contribution in [1.82, 2.24) is 9.88 Å². The molecule has 1 aromatic heterocycles. The molecule has 1 fully saturated rings. The number of nitrogens with zero attached hydrogens (tertiary/aromatic N) is 2. The minimum absolute atomic E-state index is 0.111. The van der Waals surface area contributed by atoms with Gasteiger partial charge in [-0.2, -0.15) is 0 Å². The van der Waals surface area contributed by atoms with Crippen LogP contribution in [0.2, 0.25) is 0 Å². The molecule has 2 rings (SSSR count). The predicted octanol–water partition coefficient (Wildman–Crippen LogP) is 3.08. The Morgan fingerprint density at radius 3 is 2.62 bits per heavy atom. The molecule has 0 spiro atoms. The van der Waals surface area contributed by atoms with Crippen molar-refractivity contribution in [2.24, 2.45) is 0 Å². The van der Waals surface area contributed by atoms with Gasteiger partial charge in [0.15, 0.2) is 23.3 Å². The van der Waals surface area contributed by atoms with Crippen LogP contribution in [0, 0.1) is 11.6 Å². The fourth-order valence-corrected chi connectivity index (χ4v) is 2.72. The summed E-state index contributed by atoms with van der Waals surface area (Å²) in [5, 5.41) is 5.90. The molecule has 21 heavy (non-hydrogen) atoms. The zero-order chi connectivity index (χ0) is 15.2. The Hall–Kier alpha value is -1.43. The molecule has 0 radical (unpaired) electrons. The number of hydrogen-bond acceptors (Lipinski definition) is 4. The lowest BCUT2D eigenvalue weighted by molar-refractivity contribution is 0.276. The van der Waals surface area contributed by atoms with E-state index in [1.807, 2.05) is 6.92 Å². The highest BCUT2D eigenvalue weighted by atomic mass is 19.1. The first kappa shape index (κ1) is 15.9. The zero-order valence-corrected chi connectivity index (χ0v) is 12.8. The van der Waals surface area contributed by atoms with Crippen LogP contribution in [0.5, 0.6) is 0 Å². The molecule has 1 saturated heterocycles. The maximum Gasteiger partial charge on any atom is 0.168 e. The molecular formula is C15H24F2N4. The van der Waals surface area contributed by atoms with Gasteiger partial charge in [0.05, 0.1) is 0 Å². The highest BCUT2D eigenvalue weighted by molar-refractivity contribution is 5.47. The second kappa shape index (κ2) is 7.54. The van der Waals surface area contributed by atoms with E-state index in [0.717, 1.165) is 32.0 Å². The lowest BCUT2D eigenvalue weighted by Crippen LogP contribution is -2.35. The Bertz CT molecular complexity index is 467. The van der Waals surface area contributed by atoms with Crippen LogP contribution < -0.4 is 10.6 Å². The van der Waals surface area contributed by atoms with E-state index in [2.05, 4.69) is 27.4 Å². The van der Waals surface area contributed by atoms with Crippen molar-refractivity contribution in [1.29, 1.82) is 0 Å². The van der Waals surface area contributed by atoms with Gasteiger partial charge < -0.3 is 10.6 Å². The monoisotopic (exact) mass is 298 g/mol. The van der Waals surface area contributed by atoms with Crippen molar-refractivity contribution < 1.29 is 8.78 Å². The molecule has 1 aliphatic rings. The van der Waals surface area contributed by atoms with Crippen LogP contribution in [-0.2, 0) is 0 Å². The number of nitrogens with one attached hydrogen (secondary N) is 2. The number of aromatic nitrogens is 1. The molecule has 1 atom stereocenters. The minimum Gasteiger partial charge on any atom is -0.368 e. The largest absolute Gasteiger partial charge is 0.368 e. The maximum atomic E-state index is 13.8. The lowest BCUT2D eigenvalue weighted by Gasteiger charge is -2.23. The molecule has 0 aromatic carbocycles. The van der Waals surface area contributed by atoms with Crippen LogP contribution in [-0.4, -0.2) is 42.1 Å². The van der Waals surface area contributed by atoms with Gasteiger partial charge in [0.1, 0.15) is 0 Å². The first-order chi connectivity index (χ1) is 10.2. The maximum absolute atomic E-state index is 13.8. The van der Waals surface area contributed by atoms with Gasteiger partial charge in [0.25, 0.3) is 0 Å². The normalized spacial score (nSPS) is 19.0. The average molecular weight is 298 g/mol. The third-order valence-corrected chi connectivity index (χ3v) is 3.88. The fraction of sp³-hybridized carbons (Fsp3) is 0.667. The van der Waals surface area contributed by atoms with E-state index in [0.29, 0.717) is 19.1 Å². The van der Waals surface area contributed by atoms with E-state index < -0.39 is 11.6 Å². The number of anilines is 2. The summed E-state index contributed by atoms with van der Waals surface area (Å²) >= 11 is 0. The van der Waals surface area contributed by atoms with Crippen LogP contribution >= 0.6 is 0 Å². The molecule has 6 heteroatoms. The van der Waals surface area contributed by atoms with Gasteiger partial charge in [-0.25, -0.2) is 13.8 Å². The van der Waals surface area contributed by atoms with Crippen LogP contribution in [0.3, 0.4) is 0 Å². The number of halogens is 2. The van der Waals surface area contributed by atoms with Crippen molar-refractivity contribution in [2.75, 3.05) is 36.8 Å². The summed E-state index contributed by atoms with van der Waals surface area (Å²) in [7, 11) is 0. The van der Waals surface area contributed by atoms with Gasteiger partial charge >= 0.3 is 0 Å². The third kappa shape index (κ3) is 4.03. The Morgan fingerprint density at radius 1 is 1.24 bits per heavy atom. The minimum atomic E-state index is -0.650. The summed E-state index contributed by atoms with van der Waals surface area (Å²) in [4.78, 5) is 6.40. The third-order valence-electron chi connectivity index (χ3n) is 3.88. The number of likely N-dealkylation sites (N-methyl/N-ethyl adjacent to an activating group) is 1. The van der Waals surface area contributed by atoms with Crippen molar-refractivity contribution in [3.05, 3.63) is 17.7 Å². The highest BCUT2D eigenvalue weighted by Crippen LogP contribution is 2.21. The van der Waals surface area contributed by atoms with E-state index in [4.69, 9.17) is 0 Å². The van der Waals surface area contributed by atoms with Crippen molar-refractivity contribution >= 4 is 11.6 Å². The first-order valence-corrected chi connectivity index (χ1v) is 7.73. The van der Waals surface area contributed by atoms with Crippen molar-refractivity contribution in [3.63, 3.8) is 0 Å². The lowest BCUT2D eigenvalue weighted by atomic mass is 10.2. The Morgan fingerprint density at radius 2 is 1.95 bits per heavy atom. The summed E-state index contributed by atoms with van der Waals surface area (Å²) in [5.41, 5.74) is 0. The molecule has 1 aliphatic heterocycles. The van der Waals surface area contributed by atoms with Gasteiger partial charge in [-0.15, -0.1) is 0 Å². The van der Waals surface area contributed by atoms with Crippen LogP contribution in [0.15, 0.2) is 6.07 Å². The average Bonchev–Trinajstić information content (AvgIpc) is 2.93. The molecule has 4 nitrogen and oxygen atoms in total. The predicted molar refractivity (Wildman–Crippen MR) is 81.7 cm³/mol. The number of likely N-dealkylation sites (tertiary alicyclic amines) is 1. The topological polar surface area (TPSA) is 40.2 Å². The van der Waals surface area contributed by atoms with Gasteiger partial charge in [-0.1, -0.05) is 13.8 Å². The molecule has 0 bridgehead atoms. The molecule has 0 amide bonds. The van der Waals surface area contributed by atoms with Gasteiger partial charge in [-0.3, -0.25) is 4.90 Å². The molecule has 1 aromatic rings. The molecule has 2 heterocycles. The van der Waals surface area contributed by atoms with E-state index in [1.165, 1.54) is 6.42 Å². The van der Waals surface area contributed by atoms with E-state index in [-0.39, 0.29) is 11.6 Å². The Balaban J connectivity index is 2.01. The second-order valence-electron chi connectivity index (χ2n) is 5.38. The number of hydrogen-bond donors (Lipinski definition) is 2. The van der Waals surface area contributed by atoms with Gasteiger partial charge in [0, 0.05) is 25.2 Å². The smallest absolute Gasteiger partial charge is 0.168 e. The Labute approximate surface area is 124 Å². The standard InChI is InChI=1S/C15H24F2N4/c1-3-7-18-14-12(16)9-13(17)15(20-14)19-10-11-6-5-8-21(11)4-2/h9,11H,3-8,10H2,1-2H3,(H2,18,19,20). The van der Waals surface area contributed by atoms with E-state index in [9.17, 15) is 8.78 Å². The summed E-state index contributed by atoms with van der Waals surface area (Å²) in [6.45, 7) is 7.44. The van der Waals surface area contributed by atoms with Crippen LogP contribution in [0.4, 0.5) is 20.4 Å². The summed E-state index contributed by atoms with van der Waals surface area (Å²) in [6.07, 6.45) is 3.13. The van der Waals surface area contributed by atoms with Crippen molar-refractivity contribution in [3.8, 4) is 0 Å². The summed E-state index contributed by atoms with van der Waals surface area (Å²) < 4.78 is 27.4. The number of pyridine rings is 1. The molecule has 1 unspecified atom stereocenters. The molecule has 2 N–H and O–H groups in total.